The quantitative estimate of drug-likeness (QED) is 0.514. The van der Waals surface area contributed by atoms with Crippen molar-refractivity contribution >= 4 is 28.7 Å². The molecular formula is C17H17N3O2. The smallest absolute Gasteiger partial charge is 0.279 e. The summed E-state index contributed by atoms with van der Waals surface area (Å²) in [6, 6.07) is 16.5. The van der Waals surface area contributed by atoms with E-state index < -0.39 is 5.91 Å². The lowest BCUT2D eigenvalue weighted by Crippen LogP contribution is -2.28. The van der Waals surface area contributed by atoms with E-state index >= 15 is 0 Å². The van der Waals surface area contributed by atoms with E-state index in [-0.39, 0.29) is 5.71 Å². The van der Waals surface area contributed by atoms with Gasteiger partial charge in [-0.25, -0.2) is 0 Å². The molecular weight excluding hydrogens is 278 g/mol. The fourth-order valence-corrected chi connectivity index (χ4v) is 1.86. The Bertz CT molecular complexity index is 704. The minimum atomic E-state index is -0.512. The van der Waals surface area contributed by atoms with Gasteiger partial charge in [-0.3, -0.25) is 9.79 Å². The summed E-state index contributed by atoms with van der Waals surface area (Å²) in [6.07, 6.45) is 0. The molecule has 0 heterocycles. The van der Waals surface area contributed by atoms with Crippen LogP contribution in [-0.4, -0.2) is 22.5 Å². The molecule has 0 fully saturated rings. The molecule has 22 heavy (non-hydrogen) atoms. The van der Waals surface area contributed by atoms with Crippen molar-refractivity contribution in [3.8, 4) is 0 Å². The van der Waals surface area contributed by atoms with Gasteiger partial charge in [0.15, 0.2) is 5.71 Å². The van der Waals surface area contributed by atoms with Gasteiger partial charge in [0.1, 0.15) is 0 Å². The Balaban J connectivity index is 2.16. The number of hydrogen-bond acceptors (Lipinski definition) is 4. The highest BCUT2D eigenvalue weighted by Crippen LogP contribution is 2.13. The summed E-state index contributed by atoms with van der Waals surface area (Å²) in [6.45, 7) is 3.60. The fourth-order valence-electron chi connectivity index (χ4n) is 1.86. The minimum Gasteiger partial charge on any atom is -0.410 e. The van der Waals surface area contributed by atoms with E-state index in [0.29, 0.717) is 17.1 Å². The van der Waals surface area contributed by atoms with Crippen LogP contribution in [0.3, 0.4) is 0 Å². The van der Waals surface area contributed by atoms with Crippen LogP contribution < -0.4 is 5.32 Å². The van der Waals surface area contributed by atoms with E-state index in [0.717, 1.165) is 5.56 Å². The van der Waals surface area contributed by atoms with Gasteiger partial charge in [-0.2, -0.15) is 0 Å². The summed E-state index contributed by atoms with van der Waals surface area (Å²) in [5.41, 5.74) is 2.65. The molecule has 0 aromatic heterocycles. The van der Waals surface area contributed by atoms with Gasteiger partial charge < -0.3 is 10.5 Å². The number of benzene rings is 2. The monoisotopic (exact) mass is 295 g/mol. The zero-order valence-corrected chi connectivity index (χ0v) is 12.4. The summed E-state index contributed by atoms with van der Waals surface area (Å²) in [5.74, 6) is -0.512. The Labute approximate surface area is 129 Å². The number of aryl methyl sites for hydroxylation is 1. The molecule has 0 radical (unpaired) electrons. The lowest BCUT2D eigenvalue weighted by atomic mass is 10.2. The van der Waals surface area contributed by atoms with Gasteiger partial charge >= 0.3 is 0 Å². The van der Waals surface area contributed by atoms with Crippen molar-refractivity contribution in [1.29, 1.82) is 0 Å². The molecule has 0 unspecified atom stereocenters. The highest BCUT2D eigenvalue weighted by atomic mass is 16.4. The van der Waals surface area contributed by atoms with Crippen LogP contribution in [0, 0.1) is 6.92 Å². The van der Waals surface area contributed by atoms with Crippen LogP contribution >= 0.6 is 0 Å². The first-order valence-corrected chi connectivity index (χ1v) is 6.81. The van der Waals surface area contributed by atoms with Crippen molar-refractivity contribution in [3.63, 3.8) is 0 Å². The van der Waals surface area contributed by atoms with Crippen molar-refractivity contribution in [2.75, 3.05) is 5.32 Å². The van der Waals surface area contributed by atoms with Crippen LogP contribution in [0.1, 0.15) is 12.5 Å². The Hall–Kier alpha value is -2.95. The van der Waals surface area contributed by atoms with Crippen molar-refractivity contribution in [2.45, 2.75) is 13.8 Å². The normalized spacial score (nSPS) is 12.1. The number of amides is 1. The second-order valence-corrected chi connectivity index (χ2v) is 4.80. The van der Waals surface area contributed by atoms with Crippen LogP contribution in [0.2, 0.25) is 0 Å². The van der Waals surface area contributed by atoms with Gasteiger partial charge in [-0.05, 0) is 38.1 Å². The molecule has 0 aliphatic carbocycles. The van der Waals surface area contributed by atoms with E-state index in [2.05, 4.69) is 15.5 Å². The predicted octanol–water partition coefficient (Wildman–Crippen LogP) is 3.56. The number of carbonyl (C=O) groups is 1. The van der Waals surface area contributed by atoms with Crippen molar-refractivity contribution in [1.82, 2.24) is 0 Å². The van der Waals surface area contributed by atoms with Gasteiger partial charge in [0, 0.05) is 5.69 Å². The number of aliphatic imine (C=N–C) groups is 1. The molecule has 2 aromatic rings. The average molecular weight is 295 g/mol. The molecule has 2 aromatic carbocycles. The minimum absolute atomic E-state index is 0.121. The van der Waals surface area contributed by atoms with Gasteiger partial charge in [0.2, 0.25) is 0 Å². The molecule has 0 atom stereocenters. The standard InChI is InChI=1S/C17H17N3O2/c1-12-8-10-15(11-9-12)18-13(2)16(20-22)17(21)19-14-6-4-3-5-7-14/h3-11,22H,1-2H3,(H,19,21)/b18-13?,20-16-. The maximum absolute atomic E-state index is 12.1. The number of para-hydroxylation sites is 1. The maximum Gasteiger partial charge on any atom is 0.279 e. The van der Waals surface area contributed by atoms with E-state index in [1.165, 1.54) is 0 Å². The molecule has 5 heteroatoms. The van der Waals surface area contributed by atoms with Crippen LogP contribution in [0.25, 0.3) is 0 Å². The number of anilines is 1. The topological polar surface area (TPSA) is 74.0 Å². The van der Waals surface area contributed by atoms with Gasteiger partial charge in [0.05, 0.1) is 11.4 Å². The molecule has 0 spiro atoms. The fraction of sp³-hybridized carbons (Fsp3) is 0.118. The molecule has 0 saturated carbocycles. The summed E-state index contributed by atoms with van der Waals surface area (Å²) < 4.78 is 0. The first-order valence-electron chi connectivity index (χ1n) is 6.81. The first kappa shape index (κ1) is 15.4. The third-order valence-corrected chi connectivity index (χ3v) is 3.02. The molecule has 0 saturated heterocycles. The Morgan fingerprint density at radius 1 is 1.05 bits per heavy atom. The molecule has 2 N–H and O–H groups in total. The van der Waals surface area contributed by atoms with E-state index in [1.807, 2.05) is 37.3 Å². The predicted molar refractivity (Wildman–Crippen MR) is 88.2 cm³/mol. The number of oxime groups is 1. The Morgan fingerprint density at radius 2 is 1.68 bits per heavy atom. The average Bonchev–Trinajstić information content (AvgIpc) is 2.51. The molecule has 1 amide bonds. The molecule has 0 aliphatic heterocycles. The SMILES string of the molecule is CC(=Nc1ccc(C)cc1)/C(=N/O)C(=O)Nc1ccccc1. The van der Waals surface area contributed by atoms with Gasteiger partial charge in [-0.1, -0.05) is 41.1 Å². The second kappa shape index (κ2) is 7.17. The van der Waals surface area contributed by atoms with Crippen LogP contribution in [0.5, 0.6) is 0 Å². The second-order valence-electron chi connectivity index (χ2n) is 4.80. The Morgan fingerprint density at radius 3 is 2.27 bits per heavy atom. The summed E-state index contributed by atoms with van der Waals surface area (Å²) >= 11 is 0. The number of hydrogen-bond donors (Lipinski definition) is 2. The molecule has 0 aliphatic rings. The van der Waals surface area contributed by atoms with Gasteiger partial charge in [-0.15, -0.1) is 0 Å². The number of nitrogens with zero attached hydrogens (tertiary/aromatic N) is 2. The first-order chi connectivity index (χ1) is 10.6. The summed E-state index contributed by atoms with van der Waals surface area (Å²) in [7, 11) is 0. The van der Waals surface area contributed by atoms with Crippen LogP contribution in [-0.2, 0) is 4.79 Å². The van der Waals surface area contributed by atoms with E-state index in [1.54, 1.807) is 31.2 Å². The summed E-state index contributed by atoms with van der Waals surface area (Å²) in [5, 5.41) is 14.8. The molecule has 0 bridgehead atoms. The molecule has 2 rings (SSSR count). The van der Waals surface area contributed by atoms with Gasteiger partial charge in [0.25, 0.3) is 5.91 Å². The third kappa shape index (κ3) is 4.02. The van der Waals surface area contributed by atoms with Crippen LogP contribution in [0.4, 0.5) is 11.4 Å². The largest absolute Gasteiger partial charge is 0.410 e. The van der Waals surface area contributed by atoms with Crippen molar-refractivity contribution < 1.29 is 10.0 Å². The highest BCUT2D eigenvalue weighted by Gasteiger charge is 2.16. The lowest BCUT2D eigenvalue weighted by molar-refractivity contribution is -0.110. The molecule has 5 nitrogen and oxygen atoms in total. The Kier molecular flexibility index (Phi) is 5.03. The highest BCUT2D eigenvalue weighted by molar-refractivity contribution is 6.68. The summed E-state index contributed by atoms with van der Waals surface area (Å²) in [4.78, 5) is 16.4. The third-order valence-electron chi connectivity index (χ3n) is 3.02. The zero-order valence-electron chi connectivity index (χ0n) is 12.4. The van der Waals surface area contributed by atoms with E-state index in [9.17, 15) is 4.79 Å². The zero-order chi connectivity index (χ0) is 15.9. The van der Waals surface area contributed by atoms with Crippen LogP contribution in [0.15, 0.2) is 64.7 Å². The maximum atomic E-state index is 12.1. The van der Waals surface area contributed by atoms with E-state index in [4.69, 9.17) is 5.21 Å². The number of rotatable bonds is 4. The number of carbonyl (C=O) groups excluding carboxylic acids is 1. The van der Waals surface area contributed by atoms with Crippen molar-refractivity contribution in [3.05, 3.63) is 60.2 Å². The van der Waals surface area contributed by atoms with Crippen molar-refractivity contribution in [2.24, 2.45) is 10.1 Å². The lowest BCUT2D eigenvalue weighted by Gasteiger charge is -2.06. The number of nitrogens with one attached hydrogen (secondary N) is 1. The molecule has 112 valence electrons.